The number of halogens is 1. The third kappa shape index (κ3) is 2.99. The molecule has 1 saturated heterocycles. The van der Waals surface area contributed by atoms with Crippen molar-refractivity contribution in [2.24, 2.45) is 10.2 Å². The summed E-state index contributed by atoms with van der Waals surface area (Å²) in [6, 6.07) is 11.6. The summed E-state index contributed by atoms with van der Waals surface area (Å²) in [7, 11) is 0. The number of nitrogens with zero attached hydrogens (tertiary/aromatic N) is 3. The highest BCUT2D eigenvalue weighted by Gasteiger charge is 2.31. The highest BCUT2D eigenvalue weighted by molar-refractivity contribution is 9.10. The molecule has 2 N–H and O–H groups in total. The van der Waals surface area contributed by atoms with E-state index < -0.39 is 0 Å². The van der Waals surface area contributed by atoms with Crippen LogP contribution in [0.15, 0.2) is 57.1 Å². The predicted molar refractivity (Wildman–Crippen MR) is 105 cm³/mol. The standard InChI is InChI=1S/C17H11BrN4O3S/c18-9-1-6-13-12(7-9)15(16(25)19-13)20-21-17-22(14(24)8-26-17)10-2-4-11(23)5-3-10/h1-7,23H,8H2,(H,19,20,25)/b21-17-. The Balaban J connectivity index is 1.71. The van der Waals surface area contributed by atoms with Gasteiger partial charge >= 0.3 is 0 Å². The maximum absolute atomic E-state index is 12.2. The van der Waals surface area contributed by atoms with Crippen molar-refractivity contribution in [2.45, 2.75) is 0 Å². The van der Waals surface area contributed by atoms with Crippen molar-refractivity contribution in [3.63, 3.8) is 0 Å². The number of nitrogens with one attached hydrogen (secondary N) is 1. The van der Waals surface area contributed by atoms with Crippen LogP contribution in [0.1, 0.15) is 5.56 Å². The first-order valence-corrected chi connectivity index (χ1v) is 9.32. The van der Waals surface area contributed by atoms with Gasteiger partial charge in [-0.2, -0.15) is 0 Å². The van der Waals surface area contributed by atoms with Gasteiger partial charge in [0.2, 0.25) is 5.91 Å². The van der Waals surface area contributed by atoms with Crippen LogP contribution in [0.4, 0.5) is 11.4 Å². The number of phenolic OH excluding ortho intramolecular Hbond substituents is 1. The SMILES string of the molecule is O=C1Nc2ccc(Br)cc2/C1=N/N=C1\SCC(=O)N1c1ccc(O)cc1. The number of phenols is 1. The third-order valence-electron chi connectivity index (χ3n) is 3.81. The Kier molecular flexibility index (Phi) is 4.25. The third-order valence-corrected chi connectivity index (χ3v) is 5.22. The first kappa shape index (κ1) is 16.8. The molecule has 0 aliphatic carbocycles. The van der Waals surface area contributed by atoms with Crippen LogP contribution in [0.25, 0.3) is 0 Å². The Hall–Kier alpha value is -2.65. The minimum atomic E-state index is -0.340. The quantitative estimate of drug-likeness (QED) is 0.715. The first-order valence-electron chi connectivity index (χ1n) is 7.54. The molecule has 7 nitrogen and oxygen atoms in total. The van der Waals surface area contributed by atoms with E-state index in [1.54, 1.807) is 24.3 Å². The largest absolute Gasteiger partial charge is 0.508 e. The highest BCUT2D eigenvalue weighted by Crippen LogP contribution is 2.29. The Morgan fingerprint density at radius 2 is 1.88 bits per heavy atom. The van der Waals surface area contributed by atoms with Crippen LogP contribution in [0.3, 0.4) is 0 Å². The molecule has 0 bridgehead atoms. The van der Waals surface area contributed by atoms with E-state index in [1.165, 1.54) is 28.8 Å². The molecule has 0 radical (unpaired) electrons. The number of fused-ring (bicyclic) bond motifs is 1. The molecule has 4 rings (SSSR count). The molecule has 0 atom stereocenters. The Labute approximate surface area is 160 Å². The van der Waals surface area contributed by atoms with E-state index in [2.05, 4.69) is 31.4 Å². The molecule has 0 aromatic heterocycles. The lowest BCUT2D eigenvalue weighted by Gasteiger charge is -2.15. The zero-order valence-electron chi connectivity index (χ0n) is 13.1. The summed E-state index contributed by atoms with van der Waals surface area (Å²) in [5.41, 5.74) is 2.09. The fraction of sp³-hybridized carbons (Fsp3) is 0.0588. The number of hydrogen-bond acceptors (Lipinski definition) is 6. The molecule has 9 heteroatoms. The number of carbonyl (C=O) groups excluding carboxylic acids is 2. The zero-order valence-corrected chi connectivity index (χ0v) is 15.5. The lowest BCUT2D eigenvalue weighted by Crippen LogP contribution is -2.29. The molecular weight excluding hydrogens is 420 g/mol. The van der Waals surface area contributed by atoms with E-state index >= 15 is 0 Å². The van der Waals surface area contributed by atoms with Crippen LogP contribution in [0.2, 0.25) is 0 Å². The Morgan fingerprint density at radius 1 is 1.12 bits per heavy atom. The molecule has 2 aliphatic heterocycles. The zero-order chi connectivity index (χ0) is 18.3. The van der Waals surface area contributed by atoms with Gasteiger partial charge in [0.15, 0.2) is 10.9 Å². The molecule has 1 fully saturated rings. The summed E-state index contributed by atoms with van der Waals surface area (Å²) in [5.74, 6) is -0.137. The van der Waals surface area contributed by atoms with Crippen molar-refractivity contribution in [1.82, 2.24) is 0 Å². The summed E-state index contributed by atoms with van der Waals surface area (Å²) in [4.78, 5) is 25.8. The molecule has 2 amide bonds. The molecule has 2 heterocycles. The van der Waals surface area contributed by atoms with Crippen LogP contribution < -0.4 is 10.2 Å². The topological polar surface area (TPSA) is 94.4 Å². The molecule has 0 unspecified atom stereocenters. The van der Waals surface area contributed by atoms with Gasteiger partial charge in [0.25, 0.3) is 5.91 Å². The molecule has 2 aromatic rings. The highest BCUT2D eigenvalue weighted by atomic mass is 79.9. The van der Waals surface area contributed by atoms with Crippen molar-refractivity contribution in [1.29, 1.82) is 0 Å². The fourth-order valence-electron chi connectivity index (χ4n) is 2.61. The Bertz CT molecular complexity index is 988. The van der Waals surface area contributed by atoms with Crippen LogP contribution >= 0.6 is 27.7 Å². The first-order chi connectivity index (χ1) is 12.5. The van der Waals surface area contributed by atoms with Gasteiger partial charge in [-0.25, -0.2) is 0 Å². The second kappa shape index (κ2) is 6.58. The van der Waals surface area contributed by atoms with Gasteiger partial charge in [0.05, 0.1) is 17.1 Å². The van der Waals surface area contributed by atoms with E-state index in [-0.39, 0.29) is 29.0 Å². The van der Waals surface area contributed by atoms with Crippen molar-refractivity contribution in [2.75, 3.05) is 16.0 Å². The van der Waals surface area contributed by atoms with Gasteiger partial charge in [-0.15, -0.1) is 10.2 Å². The van der Waals surface area contributed by atoms with Crippen molar-refractivity contribution in [3.8, 4) is 5.75 Å². The average molecular weight is 431 g/mol. The molecular formula is C17H11BrN4O3S. The van der Waals surface area contributed by atoms with Crippen LogP contribution in [0, 0.1) is 0 Å². The van der Waals surface area contributed by atoms with Crippen molar-refractivity contribution < 1.29 is 14.7 Å². The van der Waals surface area contributed by atoms with Crippen LogP contribution in [-0.2, 0) is 9.59 Å². The number of aromatic hydroxyl groups is 1. The normalized spacial score (nSPS) is 19.3. The molecule has 0 saturated carbocycles. The lowest BCUT2D eigenvalue weighted by molar-refractivity contribution is -0.115. The maximum Gasteiger partial charge on any atom is 0.276 e. The lowest BCUT2D eigenvalue weighted by atomic mass is 10.1. The van der Waals surface area contributed by atoms with Gasteiger partial charge in [-0.1, -0.05) is 27.7 Å². The second-order valence-corrected chi connectivity index (χ2v) is 7.37. The average Bonchev–Trinajstić information content (AvgIpc) is 3.13. The summed E-state index contributed by atoms with van der Waals surface area (Å²) >= 11 is 4.62. The van der Waals surface area contributed by atoms with E-state index in [0.29, 0.717) is 22.1 Å². The Morgan fingerprint density at radius 3 is 2.65 bits per heavy atom. The number of amidine groups is 1. The minimum absolute atomic E-state index is 0.108. The number of benzene rings is 2. The van der Waals surface area contributed by atoms with Gasteiger partial charge in [0, 0.05) is 10.0 Å². The van der Waals surface area contributed by atoms with Gasteiger partial charge in [-0.05, 0) is 42.5 Å². The summed E-state index contributed by atoms with van der Waals surface area (Å²) in [5, 5.41) is 20.8. The summed E-state index contributed by atoms with van der Waals surface area (Å²) in [6.07, 6.45) is 0. The van der Waals surface area contributed by atoms with Gasteiger partial charge < -0.3 is 10.4 Å². The fourth-order valence-corrected chi connectivity index (χ4v) is 3.79. The maximum atomic E-state index is 12.2. The van der Waals surface area contributed by atoms with Gasteiger partial charge in [-0.3, -0.25) is 14.5 Å². The van der Waals surface area contributed by atoms with E-state index in [0.717, 1.165) is 4.47 Å². The predicted octanol–water partition coefficient (Wildman–Crippen LogP) is 2.95. The molecule has 0 spiro atoms. The van der Waals surface area contributed by atoms with E-state index in [4.69, 9.17) is 0 Å². The number of anilines is 2. The molecule has 26 heavy (non-hydrogen) atoms. The van der Waals surface area contributed by atoms with E-state index in [1.807, 2.05) is 6.07 Å². The molecule has 2 aliphatic rings. The molecule has 2 aromatic carbocycles. The smallest absolute Gasteiger partial charge is 0.276 e. The molecule has 130 valence electrons. The van der Waals surface area contributed by atoms with Crippen LogP contribution in [0.5, 0.6) is 5.75 Å². The monoisotopic (exact) mass is 430 g/mol. The number of amides is 2. The number of rotatable bonds is 2. The number of carbonyl (C=O) groups is 2. The second-order valence-electron chi connectivity index (χ2n) is 5.51. The minimum Gasteiger partial charge on any atom is -0.508 e. The number of thioether (sulfide) groups is 1. The summed E-state index contributed by atoms with van der Waals surface area (Å²) in [6.45, 7) is 0. The number of hydrogen-bond donors (Lipinski definition) is 2. The van der Waals surface area contributed by atoms with Crippen molar-refractivity contribution >= 4 is 61.8 Å². The van der Waals surface area contributed by atoms with Gasteiger partial charge in [0.1, 0.15) is 5.75 Å². The van der Waals surface area contributed by atoms with Crippen LogP contribution in [-0.4, -0.2) is 33.6 Å². The summed E-state index contributed by atoms with van der Waals surface area (Å²) < 4.78 is 0.823. The van der Waals surface area contributed by atoms with Crippen molar-refractivity contribution in [3.05, 3.63) is 52.5 Å². The van der Waals surface area contributed by atoms with E-state index in [9.17, 15) is 14.7 Å².